The molecule has 37 heavy (non-hydrogen) atoms. The number of ether oxygens (including phenoxy) is 2. The van der Waals surface area contributed by atoms with Crippen LogP contribution in [-0.4, -0.2) is 60.7 Å². The van der Waals surface area contributed by atoms with Gasteiger partial charge in [0.2, 0.25) is 15.0 Å². The van der Waals surface area contributed by atoms with Crippen molar-refractivity contribution in [3.05, 3.63) is 69.9 Å². The minimum absolute atomic E-state index is 0.0554. The van der Waals surface area contributed by atoms with Crippen LogP contribution in [0.1, 0.15) is 46.6 Å². The largest absolute Gasteiger partial charge is 0.376 e. The summed E-state index contributed by atoms with van der Waals surface area (Å²) in [5.74, 6) is -0.848. The van der Waals surface area contributed by atoms with Gasteiger partial charge in [0.05, 0.1) is 47.8 Å². The summed E-state index contributed by atoms with van der Waals surface area (Å²) in [6.45, 7) is 2.25. The van der Waals surface area contributed by atoms with Gasteiger partial charge in [-0.3, -0.25) is 4.79 Å². The monoisotopic (exact) mass is 547 g/mol. The van der Waals surface area contributed by atoms with Crippen LogP contribution in [0.4, 0.5) is 4.39 Å². The van der Waals surface area contributed by atoms with Gasteiger partial charge in [-0.05, 0) is 54.8 Å². The van der Waals surface area contributed by atoms with Gasteiger partial charge in [-0.1, -0.05) is 18.2 Å². The zero-order chi connectivity index (χ0) is 25.8. The number of rotatable bonds is 10. The number of amides is 1. The summed E-state index contributed by atoms with van der Waals surface area (Å²) in [5, 5.41) is 1.79. The van der Waals surface area contributed by atoms with E-state index in [0.717, 1.165) is 25.7 Å². The number of aromatic nitrogens is 2. The van der Waals surface area contributed by atoms with Gasteiger partial charge in [-0.15, -0.1) is 11.3 Å². The molecule has 2 saturated heterocycles. The molecular formula is C26H30FN3O5S2. The summed E-state index contributed by atoms with van der Waals surface area (Å²) in [7, 11) is -3.85. The molecule has 2 aromatic heterocycles. The first kappa shape index (κ1) is 26.0. The molecule has 4 heterocycles. The van der Waals surface area contributed by atoms with E-state index in [0.29, 0.717) is 42.4 Å². The van der Waals surface area contributed by atoms with Crippen LogP contribution in [0.2, 0.25) is 0 Å². The van der Waals surface area contributed by atoms with Crippen molar-refractivity contribution in [2.45, 2.75) is 61.9 Å². The molecule has 3 aromatic rings. The normalized spacial score (nSPS) is 19.9. The number of carbonyl (C=O) groups excluding carboxylic acids is 1. The Kier molecular flexibility index (Phi) is 8.04. The van der Waals surface area contributed by atoms with Gasteiger partial charge in [0, 0.05) is 19.8 Å². The smallest absolute Gasteiger partial charge is 0.264 e. The average Bonchev–Trinajstić information content (AvgIpc) is 3.69. The SMILES string of the molecule is O=C(c1cccs1)N(Cc1cnc(S(=O)(=O)Cc2ccc(F)cc2)n1CC1CCCO1)CC1CCCO1. The predicted octanol–water partition coefficient (Wildman–Crippen LogP) is 4.06. The van der Waals surface area contributed by atoms with Crippen LogP contribution in [0, 0.1) is 5.82 Å². The highest BCUT2D eigenvalue weighted by Crippen LogP contribution is 2.24. The molecular weight excluding hydrogens is 517 g/mol. The summed E-state index contributed by atoms with van der Waals surface area (Å²) in [6.07, 6.45) is 4.91. The van der Waals surface area contributed by atoms with Crippen molar-refractivity contribution in [1.82, 2.24) is 14.5 Å². The summed E-state index contributed by atoms with van der Waals surface area (Å²) in [6, 6.07) is 9.04. The van der Waals surface area contributed by atoms with Crippen molar-refractivity contribution >= 4 is 27.1 Å². The van der Waals surface area contributed by atoms with Gasteiger partial charge in [0.15, 0.2) is 0 Å². The van der Waals surface area contributed by atoms with Crippen molar-refractivity contribution in [1.29, 1.82) is 0 Å². The molecule has 1 amide bonds. The highest BCUT2D eigenvalue weighted by Gasteiger charge is 2.30. The highest BCUT2D eigenvalue weighted by molar-refractivity contribution is 7.90. The number of nitrogens with zero attached hydrogens (tertiary/aromatic N) is 3. The Morgan fingerprint density at radius 1 is 1.11 bits per heavy atom. The van der Waals surface area contributed by atoms with Crippen LogP contribution < -0.4 is 0 Å². The maximum atomic E-state index is 13.5. The molecule has 5 rings (SSSR count). The van der Waals surface area contributed by atoms with Crippen LogP contribution in [0.25, 0.3) is 0 Å². The van der Waals surface area contributed by atoms with Crippen molar-refractivity contribution in [3.8, 4) is 0 Å². The molecule has 0 radical (unpaired) electrons. The number of hydrogen-bond acceptors (Lipinski definition) is 7. The Morgan fingerprint density at radius 3 is 2.49 bits per heavy atom. The van der Waals surface area contributed by atoms with Crippen LogP contribution >= 0.6 is 11.3 Å². The van der Waals surface area contributed by atoms with Crippen molar-refractivity contribution in [2.24, 2.45) is 0 Å². The minimum atomic E-state index is -3.85. The molecule has 0 saturated carbocycles. The molecule has 0 aliphatic carbocycles. The zero-order valence-electron chi connectivity index (χ0n) is 20.4. The minimum Gasteiger partial charge on any atom is -0.376 e. The van der Waals surface area contributed by atoms with Crippen LogP contribution in [-0.2, 0) is 38.2 Å². The van der Waals surface area contributed by atoms with E-state index >= 15 is 0 Å². The molecule has 0 spiro atoms. The molecule has 8 nitrogen and oxygen atoms in total. The fourth-order valence-electron chi connectivity index (χ4n) is 4.82. The number of halogens is 1. The van der Waals surface area contributed by atoms with E-state index < -0.39 is 15.7 Å². The van der Waals surface area contributed by atoms with Gasteiger partial charge < -0.3 is 18.9 Å². The molecule has 198 valence electrons. The molecule has 2 atom stereocenters. The van der Waals surface area contributed by atoms with Crippen LogP contribution in [0.5, 0.6) is 0 Å². The third-order valence-electron chi connectivity index (χ3n) is 6.68. The first-order chi connectivity index (χ1) is 17.9. The van der Waals surface area contributed by atoms with E-state index in [9.17, 15) is 17.6 Å². The van der Waals surface area contributed by atoms with E-state index in [1.165, 1.54) is 41.8 Å². The van der Waals surface area contributed by atoms with E-state index in [-0.39, 0.29) is 35.6 Å². The number of benzene rings is 1. The number of sulfone groups is 1. The lowest BCUT2D eigenvalue weighted by Gasteiger charge is -2.26. The Balaban J connectivity index is 1.45. The summed E-state index contributed by atoms with van der Waals surface area (Å²) < 4.78 is 53.6. The predicted molar refractivity (Wildman–Crippen MR) is 137 cm³/mol. The lowest BCUT2D eigenvalue weighted by Crippen LogP contribution is -2.37. The molecule has 11 heteroatoms. The summed E-state index contributed by atoms with van der Waals surface area (Å²) >= 11 is 1.37. The van der Waals surface area contributed by atoms with Crippen molar-refractivity contribution in [3.63, 3.8) is 0 Å². The fraction of sp³-hybridized carbons (Fsp3) is 0.462. The molecule has 2 unspecified atom stereocenters. The molecule has 0 bridgehead atoms. The first-order valence-corrected chi connectivity index (χ1v) is 15.0. The number of carbonyl (C=O) groups is 1. The Labute approximate surface area is 219 Å². The van der Waals surface area contributed by atoms with E-state index in [2.05, 4.69) is 4.98 Å². The molecule has 1 aromatic carbocycles. The second-order valence-corrected chi connectivity index (χ2v) is 12.3. The van der Waals surface area contributed by atoms with Crippen LogP contribution in [0.15, 0.2) is 53.1 Å². The molecule has 2 aliphatic rings. The first-order valence-electron chi connectivity index (χ1n) is 12.5. The highest BCUT2D eigenvalue weighted by atomic mass is 32.2. The summed E-state index contributed by atoms with van der Waals surface area (Å²) in [4.78, 5) is 20.1. The lowest BCUT2D eigenvalue weighted by molar-refractivity contribution is 0.0500. The quantitative estimate of drug-likeness (QED) is 0.380. The number of thiophene rings is 1. The fourth-order valence-corrected chi connectivity index (χ4v) is 7.02. The Bertz CT molecular complexity index is 1300. The van der Waals surface area contributed by atoms with E-state index in [1.54, 1.807) is 15.5 Å². The molecule has 2 aliphatic heterocycles. The average molecular weight is 548 g/mol. The van der Waals surface area contributed by atoms with Gasteiger partial charge >= 0.3 is 0 Å². The van der Waals surface area contributed by atoms with Gasteiger partial charge in [-0.2, -0.15) is 0 Å². The van der Waals surface area contributed by atoms with Crippen LogP contribution in [0.3, 0.4) is 0 Å². The van der Waals surface area contributed by atoms with Crippen molar-refractivity contribution in [2.75, 3.05) is 19.8 Å². The maximum absolute atomic E-state index is 13.5. The topological polar surface area (TPSA) is 90.7 Å². The third kappa shape index (κ3) is 6.28. The van der Waals surface area contributed by atoms with Gasteiger partial charge in [-0.25, -0.2) is 17.8 Å². The molecule has 2 fully saturated rings. The standard InChI is InChI=1S/C26H30FN3O5S2/c27-20-9-7-19(8-10-20)18-37(32,33)26-28-14-21(30(26)17-23-5-2-12-35-23)15-29(16-22-4-1-11-34-22)25(31)24-6-3-13-36-24/h3,6-10,13-14,22-23H,1-2,4-5,11-12,15-18H2. The second kappa shape index (κ2) is 11.4. The Hall–Kier alpha value is -2.60. The molecule has 0 N–H and O–H groups in total. The van der Waals surface area contributed by atoms with Gasteiger partial charge in [0.1, 0.15) is 5.82 Å². The van der Waals surface area contributed by atoms with E-state index in [1.807, 2.05) is 11.4 Å². The maximum Gasteiger partial charge on any atom is 0.264 e. The van der Waals surface area contributed by atoms with Crippen molar-refractivity contribution < 1.29 is 27.1 Å². The summed E-state index contributed by atoms with van der Waals surface area (Å²) in [5.41, 5.74) is 1.10. The number of hydrogen-bond donors (Lipinski definition) is 0. The Morgan fingerprint density at radius 2 is 1.84 bits per heavy atom. The third-order valence-corrected chi connectivity index (χ3v) is 9.13. The zero-order valence-corrected chi connectivity index (χ0v) is 22.1. The number of imidazole rings is 1. The lowest BCUT2D eigenvalue weighted by atomic mass is 10.2. The van der Waals surface area contributed by atoms with E-state index in [4.69, 9.17) is 9.47 Å². The second-order valence-electron chi connectivity index (χ2n) is 9.46. The van der Waals surface area contributed by atoms with Gasteiger partial charge in [0.25, 0.3) is 5.91 Å².